The lowest BCUT2D eigenvalue weighted by Crippen LogP contribution is -2.01. The maximum atomic E-state index is 5.27. The van der Waals surface area contributed by atoms with Crippen molar-refractivity contribution in [2.75, 3.05) is 13.2 Å². The van der Waals surface area contributed by atoms with Gasteiger partial charge in [-0.15, -0.1) is 0 Å². The fraction of sp³-hybridized carbons (Fsp3) is 0.444. The summed E-state index contributed by atoms with van der Waals surface area (Å²) < 4.78 is 5.27. The van der Waals surface area contributed by atoms with E-state index in [2.05, 4.69) is 19.9 Å². The highest BCUT2D eigenvalue weighted by atomic mass is 16.5. The second-order valence-corrected chi connectivity index (χ2v) is 2.87. The Hall–Kier alpha value is -1.49. The van der Waals surface area contributed by atoms with E-state index in [0.29, 0.717) is 12.3 Å². The van der Waals surface area contributed by atoms with Gasteiger partial charge in [-0.25, -0.2) is 15.0 Å². The van der Waals surface area contributed by atoms with Gasteiger partial charge in [0.2, 0.25) is 0 Å². The maximum absolute atomic E-state index is 5.27. The van der Waals surface area contributed by atoms with E-state index in [0.717, 1.165) is 24.2 Å². The summed E-state index contributed by atoms with van der Waals surface area (Å²) in [4.78, 5) is 15.3. The number of nitrogens with zero attached hydrogens (tertiary/aromatic N) is 3. The van der Waals surface area contributed by atoms with Crippen LogP contribution in [0.1, 0.15) is 12.6 Å². The number of imidazole rings is 1. The number of fused-ring (bicyclic) bond motifs is 1. The molecule has 0 saturated heterocycles. The molecule has 5 heteroatoms. The van der Waals surface area contributed by atoms with Gasteiger partial charge in [0.25, 0.3) is 0 Å². The Bertz CT molecular complexity index is 412. The Morgan fingerprint density at radius 3 is 3.14 bits per heavy atom. The molecule has 0 unspecified atom stereocenters. The van der Waals surface area contributed by atoms with Crippen LogP contribution in [0.3, 0.4) is 0 Å². The molecule has 0 aromatic carbocycles. The van der Waals surface area contributed by atoms with Crippen molar-refractivity contribution in [1.82, 2.24) is 19.9 Å². The van der Waals surface area contributed by atoms with E-state index in [9.17, 15) is 0 Å². The Balaban J connectivity index is 2.19. The van der Waals surface area contributed by atoms with Crippen LogP contribution in [0.2, 0.25) is 0 Å². The number of aromatic amines is 1. The molecule has 2 aromatic rings. The Morgan fingerprint density at radius 2 is 2.29 bits per heavy atom. The summed E-state index contributed by atoms with van der Waals surface area (Å²) >= 11 is 0. The number of H-pyrrole nitrogens is 1. The lowest BCUT2D eigenvalue weighted by molar-refractivity contribution is 0.150. The quantitative estimate of drug-likeness (QED) is 0.732. The fourth-order valence-electron chi connectivity index (χ4n) is 1.32. The molecule has 0 amide bonds. The molecule has 0 saturated carbocycles. The molecule has 0 aliphatic heterocycles. The molecule has 74 valence electrons. The molecule has 0 radical (unpaired) electrons. The Kier molecular flexibility index (Phi) is 2.69. The van der Waals surface area contributed by atoms with Gasteiger partial charge in [0.05, 0.1) is 18.6 Å². The molecular weight excluding hydrogens is 180 g/mol. The molecule has 0 aliphatic carbocycles. The van der Waals surface area contributed by atoms with E-state index >= 15 is 0 Å². The molecule has 0 atom stereocenters. The van der Waals surface area contributed by atoms with Crippen LogP contribution in [-0.4, -0.2) is 33.1 Å². The zero-order valence-corrected chi connectivity index (χ0v) is 8.03. The first-order chi connectivity index (χ1) is 6.92. The number of nitrogens with one attached hydrogen (secondary N) is 1. The van der Waals surface area contributed by atoms with Gasteiger partial charge in [-0.05, 0) is 6.92 Å². The van der Waals surface area contributed by atoms with Crippen molar-refractivity contribution in [3.8, 4) is 0 Å². The van der Waals surface area contributed by atoms with Gasteiger partial charge in [-0.3, -0.25) is 0 Å². The molecule has 0 fully saturated rings. The van der Waals surface area contributed by atoms with Crippen LogP contribution in [0, 0.1) is 0 Å². The molecule has 2 aromatic heterocycles. The van der Waals surface area contributed by atoms with E-state index < -0.39 is 0 Å². The summed E-state index contributed by atoms with van der Waals surface area (Å²) in [7, 11) is 0. The largest absolute Gasteiger partial charge is 0.381 e. The topological polar surface area (TPSA) is 63.7 Å². The van der Waals surface area contributed by atoms with E-state index in [4.69, 9.17) is 4.74 Å². The summed E-state index contributed by atoms with van der Waals surface area (Å²) in [5, 5.41) is 0. The minimum atomic E-state index is 0.682. The van der Waals surface area contributed by atoms with E-state index in [1.165, 1.54) is 6.33 Å². The first kappa shape index (κ1) is 9.08. The van der Waals surface area contributed by atoms with Gasteiger partial charge in [-0.2, -0.15) is 0 Å². The lowest BCUT2D eigenvalue weighted by atomic mass is 10.3. The molecule has 0 bridgehead atoms. The van der Waals surface area contributed by atoms with Crippen LogP contribution in [0.25, 0.3) is 11.2 Å². The molecule has 5 nitrogen and oxygen atoms in total. The van der Waals surface area contributed by atoms with Gasteiger partial charge >= 0.3 is 0 Å². The van der Waals surface area contributed by atoms with Gasteiger partial charge in [-0.1, -0.05) is 0 Å². The number of hydrogen-bond acceptors (Lipinski definition) is 4. The van der Waals surface area contributed by atoms with Crippen LogP contribution in [0.4, 0.5) is 0 Å². The SMILES string of the molecule is CCOCCc1ncnc2nc[nH]c12. The average Bonchev–Trinajstić information content (AvgIpc) is 2.67. The second-order valence-electron chi connectivity index (χ2n) is 2.87. The lowest BCUT2D eigenvalue weighted by Gasteiger charge is -2.01. The first-order valence-electron chi connectivity index (χ1n) is 4.62. The van der Waals surface area contributed by atoms with Crippen LogP contribution < -0.4 is 0 Å². The van der Waals surface area contributed by atoms with Crippen molar-refractivity contribution >= 4 is 11.2 Å². The summed E-state index contributed by atoms with van der Waals surface area (Å²) in [6, 6.07) is 0. The van der Waals surface area contributed by atoms with Crippen molar-refractivity contribution in [2.24, 2.45) is 0 Å². The minimum absolute atomic E-state index is 0.682. The molecular formula is C9H12N4O. The number of aromatic nitrogens is 4. The molecule has 14 heavy (non-hydrogen) atoms. The zero-order chi connectivity index (χ0) is 9.80. The molecule has 0 spiro atoms. The smallest absolute Gasteiger partial charge is 0.180 e. The summed E-state index contributed by atoms with van der Waals surface area (Å²) in [5.41, 5.74) is 2.58. The second kappa shape index (κ2) is 4.15. The van der Waals surface area contributed by atoms with Gasteiger partial charge in [0.1, 0.15) is 11.8 Å². The van der Waals surface area contributed by atoms with Gasteiger partial charge < -0.3 is 9.72 Å². The van der Waals surface area contributed by atoms with E-state index in [-0.39, 0.29) is 0 Å². The highest BCUT2D eigenvalue weighted by Crippen LogP contribution is 2.09. The summed E-state index contributed by atoms with van der Waals surface area (Å²) in [6.07, 6.45) is 3.95. The van der Waals surface area contributed by atoms with E-state index in [1.807, 2.05) is 6.92 Å². The molecule has 2 heterocycles. The monoisotopic (exact) mass is 192 g/mol. The number of hydrogen-bond donors (Lipinski definition) is 1. The van der Waals surface area contributed by atoms with Crippen molar-refractivity contribution in [3.05, 3.63) is 18.3 Å². The number of rotatable bonds is 4. The van der Waals surface area contributed by atoms with E-state index in [1.54, 1.807) is 6.33 Å². The fourth-order valence-corrected chi connectivity index (χ4v) is 1.32. The Labute approximate surface area is 81.6 Å². The predicted octanol–water partition coefficient (Wildman–Crippen LogP) is 0.932. The standard InChI is InChI=1S/C9H12N4O/c1-2-14-4-3-7-8-9(12-5-10-7)13-6-11-8/h5-6H,2-4H2,1H3,(H,10,11,12,13). The first-order valence-corrected chi connectivity index (χ1v) is 4.62. The van der Waals surface area contributed by atoms with Crippen molar-refractivity contribution < 1.29 is 4.74 Å². The summed E-state index contributed by atoms with van der Waals surface area (Å²) in [6.45, 7) is 3.39. The molecule has 2 rings (SSSR count). The van der Waals surface area contributed by atoms with Crippen molar-refractivity contribution in [3.63, 3.8) is 0 Å². The van der Waals surface area contributed by atoms with Crippen LogP contribution in [-0.2, 0) is 11.2 Å². The average molecular weight is 192 g/mol. The van der Waals surface area contributed by atoms with Gasteiger partial charge in [0.15, 0.2) is 5.65 Å². The zero-order valence-electron chi connectivity index (χ0n) is 8.03. The highest BCUT2D eigenvalue weighted by molar-refractivity contribution is 5.71. The third kappa shape index (κ3) is 1.72. The van der Waals surface area contributed by atoms with Crippen LogP contribution in [0.15, 0.2) is 12.7 Å². The minimum Gasteiger partial charge on any atom is -0.381 e. The van der Waals surface area contributed by atoms with Crippen LogP contribution in [0.5, 0.6) is 0 Å². The predicted molar refractivity (Wildman–Crippen MR) is 51.9 cm³/mol. The third-order valence-corrected chi connectivity index (χ3v) is 1.99. The normalized spacial score (nSPS) is 10.9. The van der Waals surface area contributed by atoms with Crippen molar-refractivity contribution in [1.29, 1.82) is 0 Å². The Morgan fingerprint density at radius 1 is 1.36 bits per heavy atom. The van der Waals surface area contributed by atoms with Crippen LogP contribution >= 0.6 is 0 Å². The third-order valence-electron chi connectivity index (χ3n) is 1.99. The van der Waals surface area contributed by atoms with Gasteiger partial charge in [0, 0.05) is 13.0 Å². The molecule has 1 N–H and O–H groups in total. The summed E-state index contributed by atoms with van der Waals surface area (Å²) in [5.74, 6) is 0. The number of ether oxygens (including phenoxy) is 1. The highest BCUT2D eigenvalue weighted by Gasteiger charge is 2.04. The molecule has 0 aliphatic rings. The maximum Gasteiger partial charge on any atom is 0.180 e. The van der Waals surface area contributed by atoms with Crippen molar-refractivity contribution in [2.45, 2.75) is 13.3 Å².